The van der Waals surface area contributed by atoms with Crippen LogP contribution in [0.1, 0.15) is 20.3 Å². The van der Waals surface area contributed by atoms with E-state index in [-0.39, 0.29) is 5.78 Å². The van der Waals surface area contributed by atoms with Crippen molar-refractivity contribution in [2.45, 2.75) is 29.4 Å². The number of ketones is 1. The van der Waals surface area contributed by atoms with Gasteiger partial charge in [0, 0.05) is 6.42 Å². The smallest absolute Gasteiger partial charge is 0.319 e. The van der Waals surface area contributed by atoms with Crippen LogP contribution in [-0.2, 0) is 9.59 Å². The van der Waals surface area contributed by atoms with Crippen LogP contribution in [0.4, 0.5) is 0 Å². The second-order valence-electron chi connectivity index (χ2n) is 2.55. The number of halogens is 2. The average Bonchev–Trinajstić information content (AvgIpc) is 2.01. The Labute approximate surface area is 87.8 Å². The minimum absolute atomic E-state index is 0.133. The molecule has 0 aliphatic carbocycles. The van der Waals surface area contributed by atoms with Crippen molar-refractivity contribution in [3.63, 3.8) is 0 Å². The van der Waals surface area contributed by atoms with Crippen LogP contribution in [-0.4, -0.2) is 26.0 Å². The van der Waals surface area contributed by atoms with Crippen molar-refractivity contribution in [2.75, 3.05) is 0 Å². The summed E-state index contributed by atoms with van der Waals surface area (Å²) in [6.07, 6.45) is 0.317. The summed E-state index contributed by atoms with van der Waals surface area (Å²) in [5.41, 5.74) is 0. The molecule has 2 unspecified atom stereocenters. The molecule has 0 rings (SSSR count). The maximum absolute atomic E-state index is 11.2. The number of Topliss-reactive ketones (excluding diaryl/α,β-unsaturated/α-hetero) is 1. The molecule has 0 heterocycles. The van der Waals surface area contributed by atoms with Crippen molar-refractivity contribution in [1.29, 1.82) is 0 Å². The summed E-state index contributed by atoms with van der Waals surface area (Å²) in [4.78, 5) is 20.9. The molecule has 0 radical (unpaired) electrons. The molecular formula is C7H10Br2O3. The van der Waals surface area contributed by atoms with Crippen LogP contribution in [0.3, 0.4) is 0 Å². The van der Waals surface area contributed by atoms with Gasteiger partial charge in [-0.2, -0.15) is 0 Å². The fraction of sp³-hybridized carbons (Fsp3) is 0.714. The van der Waals surface area contributed by atoms with Crippen LogP contribution >= 0.6 is 31.9 Å². The molecule has 3 nitrogen and oxygen atoms in total. The van der Waals surface area contributed by atoms with E-state index in [0.29, 0.717) is 6.42 Å². The number of hydrogen-bond acceptors (Lipinski definition) is 2. The molecule has 0 spiro atoms. The lowest BCUT2D eigenvalue weighted by Crippen LogP contribution is -2.41. The number of aliphatic carboxylic acids is 1. The first-order valence-corrected chi connectivity index (χ1v) is 5.14. The Morgan fingerprint density at radius 2 is 2.00 bits per heavy atom. The van der Waals surface area contributed by atoms with Crippen LogP contribution in [0.5, 0.6) is 0 Å². The highest BCUT2D eigenvalue weighted by atomic mass is 79.9. The molecule has 0 saturated carbocycles. The number of carboxylic acids is 1. The Kier molecular flexibility index (Phi) is 4.40. The van der Waals surface area contributed by atoms with Gasteiger partial charge in [0.05, 0.1) is 0 Å². The zero-order valence-corrected chi connectivity index (χ0v) is 9.98. The Bertz CT molecular complexity index is 201. The molecule has 0 aromatic rings. The van der Waals surface area contributed by atoms with E-state index in [9.17, 15) is 9.59 Å². The van der Waals surface area contributed by atoms with Crippen molar-refractivity contribution in [3.8, 4) is 0 Å². The summed E-state index contributed by atoms with van der Waals surface area (Å²) in [6.45, 7) is 3.25. The summed E-state index contributed by atoms with van der Waals surface area (Å²) < 4.78 is -1.02. The molecule has 12 heavy (non-hydrogen) atoms. The zero-order valence-electron chi connectivity index (χ0n) is 6.80. The first-order valence-electron chi connectivity index (χ1n) is 3.43. The lowest BCUT2D eigenvalue weighted by molar-refractivity contribution is -0.138. The summed E-state index contributed by atoms with van der Waals surface area (Å²) >= 11 is 6.03. The van der Waals surface area contributed by atoms with Crippen LogP contribution in [0, 0.1) is 0 Å². The molecular weight excluding hydrogens is 292 g/mol. The van der Waals surface area contributed by atoms with Crippen LogP contribution < -0.4 is 0 Å². The summed E-state index contributed by atoms with van der Waals surface area (Å²) in [5.74, 6) is -1.18. The van der Waals surface area contributed by atoms with Crippen molar-refractivity contribution in [3.05, 3.63) is 0 Å². The van der Waals surface area contributed by atoms with Crippen LogP contribution in [0.25, 0.3) is 0 Å². The normalized spacial score (nSPS) is 18.0. The predicted octanol–water partition coefficient (Wildman–Crippen LogP) is 1.97. The topological polar surface area (TPSA) is 54.4 Å². The Balaban J connectivity index is 4.60. The van der Waals surface area contributed by atoms with Crippen LogP contribution in [0.2, 0.25) is 0 Å². The number of hydrogen-bond donors (Lipinski definition) is 1. The van der Waals surface area contributed by atoms with Crippen molar-refractivity contribution in [2.24, 2.45) is 0 Å². The van der Waals surface area contributed by atoms with Gasteiger partial charge in [0.15, 0.2) is 5.78 Å². The molecule has 0 bridgehead atoms. The van der Waals surface area contributed by atoms with Gasteiger partial charge in [0.25, 0.3) is 0 Å². The summed E-state index contributed by atoms with van der Waals surface area (Å²) in [7, 11) is 0. The lowest BCUT2D eigenvalue weighted by Gasteiger charge is -2.22. The van der Waals surface area contributed by atoms with Gasteiger partial charge in [0.1, 0.15) is 9.15 Å². The molecule has 2 atom stereocenters. The minimum atomic E-state index is -1.05. The Morgan fingerprint density at radius 1 is 1.58 bits per heavy atom. The minimum Gasteiger partial charge on any atom is -0.480 e. The van der Waals surface area contributed by atoms with E-state index in [1.165, 1.54) is 0 Å². The second kappa shape index (κ2) is 4.37. The van der Waals surface area contributed by atoms with Gasteiger partial charge in [-0.15, -0.1) is 0 Å². The van der Waals surface area contributed by atoms with E-state index in [4.69, 9.17) is 5.11 Å². The highest BCUT2D eigenvalue weighted by molar-refractivity contribution is 9.13. The predicted molar refractivity (Wildman–Crippen MR) is 53.0 cm³/mol. The van der Waals surface area contributed by atoms with E-state index in [1.54, 1.807) is 13.8 Å². The van der Waals surface area contributed by atoms with Crippen molar-refractivity contribution in [1.82, 2.24) is 0 Å². The highest BCUT2D eigenvalue weighted by Crippen LogP contribution is 2.30. The van der Waals surface area contributed by atoms with Gasteiger partial charge in [0.2, 0.25) is 0 Å². The monoisotopic (exact) mass is 300 g/mol. The average molecular weight is 302 g/mol. The third kappa shape index (κ3) is 2.55. The van der Waals surface area contributed by atoms with Gasteiger partial charge >= 0.3 is 5.97 Å². The number of carbonyl (C=O) groups excluding carboxylic acids is 1. The molecule has 0 fully saturated rings. The van der Waals surface area contributed by atoms with E-state index >= 15 is 0 Å². The maximum atomic E-state index is 11.2. The third-order valence-corrected chi connectivity index (χ3v) is 4.38. The molecule has 0 aromatic heterocycles. The van der Waals surface area contributed by atoms with Crippen molar-refractivity contribution >= 4 is 43.6 Å². The fourth-order valence-electron chi connectivity index (χ4n) is 0.719. The molecule has 1 N–H and O–H groups in total. The highest BCUT2D eigenvalue weighted by Gasteiger charge is 2.40. The number of carboxylic acid groups (broad SMARTS) is 1. The SMILES string of the molecule is CCC(=O)C(C)(Br)C(Br)C(=O)O. The molecule has 0 aromatic carbocycles. The summed E-state index contributed by atoms with van der Waals surface area (Å²) in [6, 6.07) is 0. The molecule has 0 aliphatic heterocycles. The van der Waals surface area contributed by atoms with Crippen LogP contribution in [0.15, 0.2) is 0 Å². The first-order chi connectivity index (χ1) is 5.34. The Hall–Kier alpha value is 0.1000. The lowest BCUT2D eigenvalue weighted by atomic mass is 10.0. The quantitative estimate of drug-likeness (QED) is 0.808. The van der Waals surface area contributed by atoms with Gasteiger partial charge in [-0.25, -0.2) is 0 Å². The van der Waals surface area contributed by atoms with E-state index in [0.717, 1.165) is 0 Å². The summed E-state index contributed by atoms with van der Waals surface area (Å²) in [5, 5.41) is 8.63. The molecule has 0 aliphatic rings. The fourth-order valence-corrected chi connectivity index (χ4v) is 1.45. The number of rotatable bonds is 4. The molecule has 0 saturated heterocycles. The standard InChI is InChI=1S/C7H10Br2O3/c1-3-4(10)7(2,9)5(8)6(11)12/h5H,3H2,1-2H3,(H,11,12). The first kappa shape index (κ1) is 12.1. The van der Waals surface area contributed by atoms with Gasteiger partial charge < -0.3 is 5.11 Å². The van der Waals surface area contributed by atoms with Gasteiger partial charge in [-0.3, -0.25) is 9.59 Å². The largest absolute Gasteiger partial charge is 0.480 e. The van der Waals surface area contributed by atoms with E-state index in [1.807, 2.05) is 0 Å². The van der Waals surface area contributed by atoms with Gasteiger partial charge in [-0.05, 0) is 6.92 Å². The molecule has 5 heteroatoms. The van der Waals surface area contributed by atoms with E-state index < -0.39 is 15.1 Å². The third-order valence-electron chi connectivity index (χ3n) is 1.56. The van der Waals surface area contributed by atoms with Crippen molar-refractivity contribution < 1.29 is 14.7 Å². The van der Waals surface area contributed by atoms with Gasteiger partial charge in [-0.1, -0.05) is 38.8 Å². The number of carbonyl (C=O) groups is 2. The molecule has 0 amide bonds. The van der Waals surface area contributed by atoms with E-state index in [2.05, 4.69) is 31.9 Å². The second-order valence-corrected chi connectivity index (χ2v) is 5.12. The Morgan fingerprint density at radius 3 is 2.25 bits per heavy atom. The number of alkyl halides is 2. The molecule has 70 valence electrons. The zero-order chi connectivity index (χ0) is 9.94. The maximum Gasteiger partial charge on any atom is 0.319 e.